The third kappa shape index (κ3) is 3.73. The summed E-state index contributed by atoms with van der Waals surface area (Å²) in [5, 5.41) is 3.38. The van der Waals surface area contributed by atoms with E-state index in [-0.39, 0.29) is 18.1 Å². The molecule has 4 unspecified atom stereocenters. The van der Waals surface area contributed by atoms with Crippen LogP contribution in [0.2, 0.25) is 0 Å². The van der Waals surface area contributed by atoms with Crippen molar-refractivity contribution in [2.24, 2.45) is 11.7 Å². The number of primary amides is 1. The van der Waals surface area contributed by atoms with Crippen LogP contribution >= 0.6 is 0 Å². The Hall–Kier alpha value is -0.610. The van der Waals surface area contributed by atoms with E-state index in [1.54, 1.807) is 0 Å². The van der Waals surface area contributed by atoms with Crippen LogP contribution in [-0.4, -0.2) is 29.7 Å². The molecule has 1 amide bonds. The second-order valence-electron chi connectivity index (χ2n) is 7.14. The summed E-state index contributed by atoms with van der Waals surface area (Å²) in [5.41, 5.74) is 5.09. The highest BCUT2D eigenvalue weighted by Gasteiger charge is 2.45. The molecule has 2 saturated carbocycles. The molecular formula is C16H30N2O2. The van der Waals surface area contributed by atoms with Crippen LogP contribution in [0.25, 0.3) is 0 Å². The van der Waals surface area contributed by atoms with E-state index in [0.29, 0.717) is 6.10 Å². The van der Waals surface area contributed by atoms with Gasteiger partial charge in [0.2, 0.25) is 5.91 Å². The van der Waals surface area contributed by atoms with Gasteiger partial charge in [-0.05, 0) is 45.4 Å². The summed E-state index contributed by atoms with van der Waals surface area (Å²) in [7, 11) is 0. The van der Waals surface area contributed by atoms with E-state index in [4.69, 9.17) is 10.5 Å². The molecule has 0 spiro atoms. The molecular weight excluding hydrogens is 252 g/mol. The smallest absolute Gasteiger partial charge is 0.237 e. The molecule has 3 N–H and O–H groups in total. The Morgan fingerprint density at radius 1 is 1.30 bits per heavy atom. The molecule has 0 radical (unpaired) electrons. The third-order valence-electron chi connectivity index (χ3n) is 4.78. The first-order valence-electron chi connectivity index (χ1n) is 8.14. The Labute approximate surface area is 122 Å². The van der Waals surface area contributed by atoms with E-state index in [1.807, 2.05) is 0 Å². The van der Waals surface area contributed by atoms with Crippen molar-refractivity contribution in [2.75, 3.05) is 0 Å². The summed E-state index contributed by atoms with van der Waals surface area (Å²) in [6.45, 7) is 6.42. The van der Waals surface area contributed by atoms with Gasteiger partial charge >= 0.3 is 0 Å². The maximum absolute atomic E-state index is 11.9. The van der Waals surface area contributed by atoms with Crippen LogP contribution in [0.15, 0.2) is 0 Å². The maximum atomic E-state index is 11.9. The Kier molecular flexibility index (Phi) is 5.08. The van der Waals surface area contributed by atoms with Crippen molar-refractivity contribution in [2.45, 2.75) is 89.5 Å². The van der Waals surface area contributed by atoms with Crippen LogP contribution in [0.5, 0.6) is 0 Å². The number of rotatable bonds is 5. The van der Waals surface area contributed by atoms with E-state index in [9.17, 15) is 4.79 Å². The predicted octanol–water partition coefficient (Wildman–Crippen LogP) is 2.36. The highest BCUT2D eigenvalue weighted by molar-refractivity contribution is 5.85. The van der Waals surface area contributed by atoms with Crippen molar-refractivity contribution in [1.29, 1.82) is 0 Å². The number of carbonyl (C=O) groups is 1. The second-order valence-corrected chi connectivity index (χ2v) is 7.14. The lowest BCUT2D eigenvalue weighted by Gasteiger charge is -2.32. The van der Waals surface area contributed by atoms with E-state index >= 15 is 0 Å². The summed E-state index contributed by atoms with van der Waals surface area (Å²) in [6, 6.07) is 0.260. The first-order valence-corrected chi connectivity index (χ1v) is 8.14. The molecule has 0 saturated heterocycles. The fourth-order valence-corrected chi connectivity index (χ4v) is 3.87. The molecule has 2 rings (SSSR count). The molecule has 0 aliphatic heterocycles. The molecule has 0 aromatic heterocycles. The topological polar surface area (TPSA) is 64.3 Å². The fraction of sp³-hybridized carbons (Fsp3) is 0.938. The molecule has 4 atom stereocenters. The van der Waals surface area contributed by atoms with Gasteiger partial charge in [-0.1, -0.05) is 19.8 Å². The van der Waals surface area contributed by atoms with E-state index in [2.05, 4.69) is 26.1 Å². The van der Waals surface area contributed by atoms with Crippen molar-refractivity contribution in [1.82, 2.24) is 5.32 Å². The van der Waals surface area contributed by atoms with Crippen molar-refractivity contribution in [3.63, 3.8) is 0 Å². The minimum atomic E-state index is -0.556. The molecule has 2 aliphatic carbocycles. The number of hydrogen-bond donors (Lipinski definition) is 2. The van der Waals surface area contributed by atoms with Gasteiger partial charge in [-0.25, -0.2) is 0 Å². The van der Waals surface area contributed by atoms with Crippen LogP contribution in [-0.2, 0) is 9.53 Å². The summed E-state index contributed by atoms with van der Waals surface area (Å²) < 4.78 is 6.26. The SMILES string of the molecule is CC1CCCC(OC2CCC(NC(C)C)(C(N)=O)C2)C1. The van der Waals surface area contributed by atoms with Gasteiger partial charge in [0.15, 0.2) is 0 Å². The number of ether oxygens (including phenoxy) is 1. The summed E-state index contributed by atoms with van der Waals surface area (Å²) in [4.78, 5) is 11.9. The highest BCUT2D eigenvalue weighted by atomic mass is 16.5. The molecule has 0 aromatic carbocycles. The normalized spacial score (nSPS) is 38.3. The first kappa shape index (κ1) is 15.8. The zero-order chi connectivity index (χ0) is 14.8. The van der Waals surface area contributed by atoms with Crippen LogP contribution in [0.1, 0.15) is 65.7 Å². The van der Waals surface area contributed by atoms with Crippen LogP contribution < -0.4 is 11.1 Å². The number of amides is 1. The van der Waals surface area contributed by atoms with Gasteiger partial charge in [0.1, 0.15) is 5.54 Å². The summed E-state index contributed by atoms with van der Waals surface area (Å²) in [5.74, 6) is 0.541. The number of carbonyl (C=O) groups excluding carboxylic acids is 1. The minimum Gasteiger partial charge on any atom is -0.375 e. The molecule has 0 heterocycles. The van der Waals surface area contributed by atoms with Crippen molar-refractivity contribution in [3.05, 3.63) is 0 Å². The molecule has 2 fully saturated rings. The maximum Gasteiger partial charge on any atom is 0.237 e. The first-order chi connectivity index (χ1) is 9.41. The van der Waals surface area contributed by atoms with E-state index in [0.717, 1.165) is 31.6 Å². The lowest BCUT2D eigenvalue weighted by Crippen LogP contribution is -2.56. The number of hydrogen-bond acceptors (Lipinski definition) is 3. The molecule has 116 valence electrons. The molecule has 0 bridgehead atoms. The molecule has 4 heteroatoms. The van der Waals surface area contributed by atoms with Crippen molar-refractivity contribution >= 4 is 5.91 Å². The van der Waals surface area contributed by atoms with Crippen molar-refractivity contribution < 1.29 is 9.53 Å². The Morgan fingerprint density at radius 3 is 2.65 bits per heavy atom. The lowest BCUT2D eigenvalue weighted by molar-refractivity contribution is -0.125. The van der Waals surface area contributed by atoms with E-state index < -0.39 is 5.54 Å². The standard InChI is InChI=1S/C16H30N2O2/c1-11(2)18-16(15(17)19)8-7-14(10-16)20-13-6-4-5-12(3)9-13/h11-14,18H,4-10H2,1-3H3,(H2,17,19). The minimum absolute atomic E-state index is 0.184. The molecule has 2 aliphatic rings. The quantitative estimate of drug-likeness (QED) is 0.813. The number of nitrogens with one attached hydrogen (secondary N) is 1. The Balaban J connectivity index is 1.91. The highest BCUT2D eigenvalue weighted by Crippen LogP contribution is 2.35. The van der Waals surface area contributed by atoms with Gasteiger partial charge in [-0.2, -0.15) is 0 Å². The van der Waals surface area contributed by atoms with Gasteiger partial charge in [0, 0.05) is 12.5 Å². The van der Waals surface area contributed by atoms with Gasteiger partial charge in [0.05, 0.1) is 12.2 Å². The van der Waals surface area contributed by atoms with E-state index in [1.165, 1.54) is 19.3 Å². The van der Waals surface area contributed by atoms with Crippen molar-refractivity contribution in [3.8, 4) is 0 Å². The second kappa shape index (κ2) is 6.44. The molecule has 20 heavy (non-hydrogen) atoms. The average molecular weight is 282 g/mol. The van der Waals surface area contributed by atoms with Crippen LogP contribution in [0.4, 0.5) is 0 Å². The zero-order valence-corrected chi connectivity index (χ0v) is 13.2. The molecule has 0 aromatic rings. The van der Waals surface area contributed by atoms with Crippen LogP contribution in [0, 0.1) is 5.92 Å². The van der Waals surface area contributed by atoms with Gasteiger partial charge in [-0.15, -0.1) is 0 Å². The van der Waals surface area contributed by atoms with Gasteiger partial charge in [0.25, 0.3) is 0 Å². The largest absolute Gasteiger partial charge is 0.375 e. The Bertz CT molecular complexity index is 345. The fourth-order valence-electron chi connectivity index (χ4n) is 3.87. The van der Waals surface area contributed by atoms with Gasteiger partial charge < -0.3 is 15.8 Å². The summed E-state index contributed by atoms with van der Waals surface area (Å²) >= 11 is 0. The van der Waals surface area contributed by atoms with Crippen LogP contribution in [0.3, 0.4) is 0 Å². The number of nitrogens with two attached hydrogens (primary N) is 1. The molecule has 4 nitrogen and oxygen atoms in total. The monoisotopic (exact) mass is 282 g/mol. The lowest BCUT2D eigenvalue weighted by atomic mass is 9.88. The summed E-state index contributed by atoms with van der Waals surface area (Å²) in [6.07, 6.45) is 7.95. The predicted molar refractivity (Wildman–Crippen MR) is 80.3 cm³/mol. The zero-order valence-electron chi connectivity index (χ0n) is 13.2. The third-order valence-corrected chi connectivity index (χ3v) is 4.78. The Morgan fingerprint density at radius 2 is 2.05 bits per heavy atom. The average Bonchev–Trinajstić information content (AvgIpc) is 2.72. The van der Waals surface area contributed by atoms with Gasteiger partial charge in [-0.3, -0.25) is 4.79 Å².